The molecule has 6 nitrogen and oxygen atoms in total. The molecule has 1 unspecified atom stereocenters. The van der Waals surface area contributed by atoms with E-state index in [1.54, 1.807) is 36.4 Å². The summed E-state index contributed by atoms with van der Waals surface area (Å²) in [5.74, 6) is 0.424. The standard InChI is InChI=1S/C28H22ClN3O3/c1-32-24-8-6-19-12-22(24)21(14-27(32)33)18-4-2-3-17(11-18)9-10-35-25-13-20(5-7-23(25)29)28(19,34)26-15-30-16-31-26/h2-8,11-16,34H,9-10H2,1H3,(H,30,31)/i1D3. The van der Waals surface area contributed by atoms with Crippen LogP contribution >= 0.6 is 11.6 Å². The normalized spacial score (nSPS) is 18.9. The molecule has 174 valence electrons. The number of halogens is 1. The number of fused-ring (bicyclic) bond motifs is 6. The van der Waals surface area contributed by atoms with E-state index in [-0.39, 0.29) is 5.52 Å². The van der Waals surface area contributed by atoms with E-state index in [9.17, 15) is 9.90 Å². The highest BCUT2D eigenvalue weighted by Gasteiger charge is 2.36. The van der Waals surface area contributed by atoms with E-state index < -0.39 is 18.1 Å². The van der Waals surface area contributed by atoms with Crippen LogP contribution in [0, 0.1) is 0 Å². The molecule has 0 amide bonds. The van der Waals surface area contributed by atoms with Gasteiger partial charge < -0.3 is 19.4 Å². The Hall–Kier alpha value is -3.87. The molecule has 35 heavy (non-hydrogen) atoms. The van der Waals surface area contributed by atoms with Crippen molar-refractivity contribution in [2.24, 2.45) is 6.98 Å². The molecule has 6 bridgehead atoms. The summed E-state index contributed by atoms with van der Waals surface area (Å²) in [5.41, 5.74) is 1.47. The van der Waals surface area contributed by atoms with Gasteiger partial charge in [0.15, 0.2) is 5.60 Å². The average molecular weight is 487 g/mol. The summed E-state index contributed by atoms with van der Waals surface area (Å²) in [6.45, 7) is -2.36. The number of nitrogens with one attached hydrogen (secondary N) is 1. The number of rotatable bonds is 1. The van der Waals surface area contributed by atoms with E-state index in [0.717, 1.165) is 15.7 Å². The van der Waals surface area contributed by atoms with Crippen LogP contribution in [0.25, 0.3) is 22.0 Å². The van der Waals surface area contributed by atoms with Gasteiger partial charge in [0.2, 0.25) is 0 Å². The highest BCUT2D eigenvalue weighted by atomic mass is 35.5. The first-order valence-electron chi connectivity index (χ1n) is 12.6. The number of pyridine rings is 1. The second-order valence-corrected chi connectivity index (χ2v) is 8.99. The lowest BCUT2D eigenvalue weighted by Gasteiger charge is -2.29. The minimum atomic E-state index is -2.69. The van der Waals surface area contributed by atoms with Gasteiger partial charge in [-0.3, -0.25) is 4.79 Å². The molecule has 0 saturated heterocycles. The first kappa shape index (κ1) is 18.5. The van der Waals surface area contributed by atoms with Gasteiger partial charge in [0, 0.05) is 29.0 Å². The number of imidazole rings is 1. The van der Waals surface area contributed by atoms with E-state index in [2.05, 4.69) is 9.97 Å². The molecule has 1 aliphatic rings. The number of hydrogen-bond donors (Lipinski definition) is 2. The molecule has 0 spiro atoms. The quantitative estimate of drug-likeness (QED) is 0.356. The molecule has 2 aromatic heterocycles. The molecule has 3 heterocycles. The van der Waals surface area contributed by atoms with Gasteiger partial charge in [-0.05, 0) is 52.1 Å². The number of aromatic nitrogens is 3. The molecule has 1 atom stereocenters. The van der Waals surface area contributed by atoms with Crippen molar-refractivity contribution in [2.75, 3.05) is 6.61 Å². The van der Waals surface area contributed by atoms with E-state index >= 15 is 0 Å². The number of aryl methyl sites for hydroxylation is 1. The Bertz CT molecular complexity index is 1750. The van der Waals surface area contributed by atoms with Crippen LogP contribution in [0.5, 0.6) is 5.75 Å². The molecular weight excluding hydrogens is 462 g/mol. The second-order valence-electron chi connectivity index (χ2n) is 8.58. The largest absolute Gasteiger partial charge is 0.492 e. The SMILES string of the molecule is [2H]C([2H])([2H])n1c(=O)cc2c3cc(ccc31)C(O)(c1cnc[nH]1)c1ccc(Cl)c(c1)OCCc1cccc-2c1. The summed E-state index contributed by atoms with van der Waals surface area (Å²) in [4.78, 5) is 20.2. The van der Waals surface area contributed by atoms with Crippen molar-refractivity contribution in [2.45, 2.75) is 12.0 Å². The minimum Gasteiger partial charge on any atom is -0.492 e. The Balaban J connectivity index is 1.75. The Morgan fingerprint density at radius 1 is 1.14 bits per heavy atom. The van der Waals surface area contributed by atoms with Gasteiger partial charge in [-0.15, -0.1) is 0 Å². The number of aliphatic hydroxyl groups is 1. The fourth-order valence-corrected chi connectivity index (χ4v) is 4.91. The molecule has 0 radical (unpaired) electrons. The maximum absolute atomic E-state index is 13.1. The van der Waals surface area contributed by atoms with Crippen LogP contribution in [-0.4, -0.2) is 26.2 Å². The van der Waals surface area contributed by atoms with Crippen LogP contribution in [-0.2, 0) is 19.0 Å². The van der Waals surface area contributed by atoms with Gasteiger partial charge in [-0.25, -0.2) is 4.98 Å². The summed E-state index contributed by atoms with van der Waals surface area (Å²) in [6.07, 6.45) is 3.56. The Kier molecular flexibility index (Phi) is 4.28. The lowest BCUT2D eigenvalue weighted by Crippen LogP contribution is -2.29. The molecule has 2 N–H and O–H groups in total. The second kappa shape index (κ2) is 8.12. The summed E-state index contributed by atoms with van der Waals surface area (Å²) in [7, 11) is 0. The average Bonchev–Trinajstić information content (AvgIpc) is 3.43. The Morgan fingerprint density at radius 3 is 2.83 bits per heavy atom. The third-order valence-corrected chi connectivity index (χ3v) is 6.87. The number of hydrogen-bond acceptors (Lipinski definition) is 4. The van der Waals surface area contributed by atoms with Gasteiger partial charge in [0.1, 0.15) is 5.75 Å². The van der Waals surface area contributed by atoms with Crippen molar-refractivity contribution in [1.82, 2.24) is 14.5 Å². The lowest BCUT2D eigenvalue weighted by molar-refractivity contribution is 0.121. The predicted molar refractivity (Wildman–Crippen MR) is 136 cm³/mol. The van der Waals surface area contributed by atoms with Gasteiger partial charge in [-0.1, -0.05) is 48.0 Å². The van der Waals surface area contributed by atoms with Crippen molar-refractivity contribution in [3.8, 4) is 16.9 Å². The van der Waals surface area contributed by atoms with Gasteiger partial charge in [-0.2, -0.15) is 0 Å². The summed E-state index contributed by atoms with van der Waals surface area (Å²) in [6, 6.07) is 19.0. The molecule has 5 aromatic rings. The van der Waals surface area contributed by atoms with Crippen molar-refractivity contribution >= 4 is 22.5 Å². The number of aromatic amines is 1. The van der Waals surface area contributed by atoms with Crippen LogP contribution < -0.4 is 10.3 Å². The predicted octanol–water partition coefficient (Wildman–Crippen LogP) is 4.80. The molecule has 1 aliphatic heterocycles. The molecular formula is C28H22ClN3O3. The van der Waals surface area contributed by atoms with Crippen molar-refractivity contribution in [3.05, 3.63) is 117 Å². The van der Waals surface area contributed by atoms with Crippen LogP contribution in [0.1, 0.15) is 26.5 Å². The first-order chi connectivity index (χ1) is 18.2. The fourth-order valence-electron chi connectivity index (χ4n) is 4.74. The van der Waals surface area contributed by atoms with Gasteiger partial charge >= 0.3 is 0 Å². The van der Waals surface area contributed by atoms with E-state index in [1.165, 1.54) is 18.6 Å². The third kappa shape index (κ3) is 3.45. The van der Waals surface area contributed by atoms with E-state index in [0.29, 0.717) is 51.6 Å². The highest BCUT2D eigenvalue weighted by molar-refractivity contribution is 6.32. The fraction of sp³-hybridized carbons (Fsp3) is 0.143. The molecule has 7 heteroatoms. The molecule has 6 rings (SSSR count). The van der Waals surface area contributed by atoms with Crippen LogP contribution in [0.4, 0.5) is 0 Å². The maximum atomic E-state index is 13.1. The smallest absolute Gasteiger partial charge is 0.251 e. The molecule has 3 aromatic carbocycles. The summed E-state index contributed by atoms with van der Waals surface area (Å²) >= 11 is 6.45. The summed E-state index contributed by atoms with van der Waals surface area (Å²) < 4.78 is 30.9. The Morgan fingerprint density at radius 2 is 2.00 bits per heavy atom. The van der Waals surface area contributed by atoms with Crippen LogP contribution in [0.15, 0.2) is 84.0 Å². The van der Waals surface area contributed by atoms with Crippen LogP contribution in [0.2, 0.25) is 5.02 Å². The van der Waals surface area contributed by atoms with Gasteiger partial charge in [0.25, 0.3) is 5.56 Å². The van der Waals surface area contributed by atoms with Crippen molar-refractivity contribution < 1.29 is 14.0 Å². The molecule has 0 aliphatic carbocycles. The van der Waals surface area contributed by atoms with E-state index in [4.69, 9.17) is 20.5 Å². The zero-order valence-corrected chi connectivity index (χ0v) is 19.2. The monoisotopic (exact) mass is 486 g/mol. The zero-order chi connectivity index (χ0) is 26.7. The molecule has 0 fully saturated rings. The van der Waals surface area contributed by atoms with E-state index in [1.807, 2.05) is 24.3 Å². The summed E-state index contributed by atoms with van der Waals surface area (Å²) in [5, 5.41) is 13.3. The van der Waals surface area contributed by atoms with Crippen molar-refractivity contribution in [1.29, 1.82) is 0 Å². The van der Waals surface area contributed by atoms with Crippen LogP contribution in [0.3, 0.4) is 0 Å². The molecule has 0 saturated carbocycles. The zero-order valence-electron chi connectivity index (χ0n) is 21.5. The topological polar surface area (TPSA) is 80.1 Å². The number of benzene rings is 3. The first-order valence-corrected chi connectivity index (χ1v) is 11.5. The van der Waals surface area contributed by atoms with Gasteiger partial charge in [0.05, 0.1) is 35.4 Å². The minimum absolute atomic E-state index is 0.237. The highest BCUT2D eigenvalue weighted by Crippen LogP contribution is 2.41. The van der Waals surface area contributed by atoms with Crippen molar-refractivity contribution in [3.63, 3.8) is 0 Å². The third-order valence-electron chi connectivity index (χ3n) is 6.56. The number of H-pyrrole nitrogens is 1. The number of nitrogens with zero attached hydrogens (tertiary/aromatic N) is 2. The Labute approximate surface area is 210 Å². The number of ether oxygens (including phenoxy) is 1. The maximum Gasteiger partial charge on any atom is 0.251 e. The lowest BCUT2D eigenvalue weighted by atomic mass is 9.82.